The molecule has 0 spiro atoms. The SMILES string of the molecule is CCCc1noc(CCC(=O)NCc2ccc(OCC(=O)NCC)c(OC)c2)n1. The van der Waals surface area contributed by atoms with Crippen molar-refractivity contribution in [2.24, 2.45) is 0 Å². The van der Waals surface area contributed by atoms with Gasteiger partial charge in [-0.05, 0) is 31.0 Å². The van der Waals surface area contributed by atoms with E-state index in [1.807, 2.05) is 19.9 Å². The van der Waals surface area contributed by atoms with E-state index < -0.39 is 0 Å². The smallest absolute Gasteiger partial charge is 0.257 e. The molecule has 1 heterocycles. The molecule has 1 aromatic carbocycles. The van der Waals surface area contributed by atoms with Gasteiger partial charge in [0.25, 0.3) is 5.91 Å². The van der Waals surface area contributed by atoms with Gasteiger partial charge in [-0.2, -0.15) is 4.98 Å². The van der Waals surface area contributed by atoms with Crippen molar-refractivity contribution in [3.8, 4) is 11.5 Å². The van der Waals surface area contributed by atoms with E-state index in [0.717, 1.165) is 18.4 Å². The molecule has 2 rings (SSSR count). The van der Waals surface area contributed by atoms with Crippen molar-refractivity contribution < 1.29 is 23.6 Å². The molecule has 0 fully saturated rings. The van der Waals surface area contributed by atoms with Crippen LogP contribution in [-0.4, -0.2) is 42.2 Å². The van der Waals surface area contributed by atoms with E-state index in [1.54, 1.807) is 12.1 Å². The highest BCUT2D eigenvalue weighted by Crippen LogP contribution is 2.28. The van der Waals surface area contributed by atoms with Gasteiger partial charge in [0, 0.05) is 32.4 Å². The molecule has 2 aromatic rings. The number of rotatable bonds is 12. The topological polar surface area (TPSA) is 116 Å². The second kappa shape index (κ2) is 11.7. The molecule has 0 bridgehead atoms. The van der Waals surface area contributed by atoms with E-state index in [-0.39, 0.29) is 24.8 Å². The number of aryl methyl sites for hydroxylation is 2. The fourth-order valence-electron chi connectivity index (χ4n) is 2.56. The Morgan fingerprint density at radius 3 is 2.66 bits per heavy atom. The fourth-order valence-corrected chi connectivity index (χ4v) is 2.56. The van der Waals surface area contributed by atoms with Crippen LogP contribution in [0.2, 0.25) is 0 Å². The van der Waals surface area contributed by atoms with Gasteiger partial charge in [-0.15, -0.1) is 0 Å². The lowest BCUT2D eigenvalue weighted by molar-refractivity contribution is -0.123. The van der Waals surface area contributed by atoms with Gasteiger partial charge < -0.3 is 24.6 Å². The van der Waals surface area contributed by atoms with Crippen molar-refractivity contribution in [1.29, 1.82) is 0 Å². The molecule has 2 N–H and O–H groups in total. The normalized spacial score (nSPS) is 10.4. The molecule has 0 aliphatic rings. The number of nitrogens with zero attached hydrogens (tertiary/aromatic N) is 2. The molecule has 0 unspecified atom stereocenters. The van der Waals surface area contributed by atoms with E-state index in [2.05, 4.69) is 20.8 Å². The number of carbonyl (C=O) groups excluding carboxylic acids is 2. The van der Waals surface area contributed by atoms with Gasteiger partial charge in [0.1, 0.15) is 0 Å². The summed E-state index contributed by atoms with van der Waals surface area (Å²) in [6.45, 7) is 4.69. The van der Waals surface area contributed by atoms with Crippen LogP contribution in [0.4, 0.5) is 0 Å². The Labute approximate surface area is 170 Å². The van der Waals surface area contributed by atoms with Crippen LogP contribution < -0.4 is 20.1 Å². The Hall–Kier alpha value is -3.10. The van der Waals surface area contributed by atoms with Crippen molar-refractivity contribution in [3.05, 3.63) is 35.5 Å². The van der Waals surface area contributed by atoms with Crippen LogP contribution in [-0.2, 0) is 29.0 Å². The molecular weight excluding hydrogens is 376 g/mol. The first-order chi connectivity index (χ1) is 14.0. The lowest BCUT2D eigenvalue weighted by atomic mass is 10.2. The highest BCUT2D eigenvalue weighted by molar-refractivity contribution is 5.77. The van der Waals surface area contributed by atoms with Crippen LogP contribution in [0, 0.1) is 0 Å². The minimum Gasteiger partial charge on any atom is -0.493 e. The maximum Gasteiger partial charge on any atom is 0.257 e. The Bertz CT molecular complexity index is 806. The van der Waals surface area contributed by atoms with Crippen molar-refractivity contribution in [2.45, 2.75) is 46.1 Å². The van der Waals surface area contributed by atoms with Crippen LogP contribution >= 0.6 is 0 Å². The predicted octanol–water partition coefficient (Wildman–Crippen LogP) is 1.79. The first-order valence-electron chi connectivity index (χ1n) is 9.70. The first-order valence-corrected chi connectivity index (χ1v) is 9.70. The first kappa shape index (κ1) is 22.2. The quantitative estimate of drug-likeness (QED) is 0.554. The second-order valence-electron chi connectivity index (χ2n) is 6.36. The van der Waals surface area contributed by atoms with E-state index in [1.165, 1.54) is 7.11 Å². The number of likely N-dealkylation sites (N-methyl/N-ethyl adjacent to an activating group) is 1. The monoisotopic (exact) mass is 404 g/mol. The largest absolute Gasteiger partial charge is 0.493 e. The minimum atomic E-state index is -0.200. The summed E-state index contributed by atoms with van der Waals surface area (Å²) in [6.07, 6.45) is 2.37. The maximum atomic E-state index is 12.1. The van der Waals surface area contributed by atoms with E-state index >= 15 is 0 Å². The number of hydrogen-bond donors (Lipinski definition) is 2. The third-order valence-corrected chi connectivity index (χ3v) is 4.00. The number of ether oxygens (including phenoxy) is 2. The third-order valence-electron chi connectivity index (χ3n) is 4.00. The molecule has 0 saturated heterocycles. The highest BCUT2D eigenvalue weighted by atomic mass is 16.5. The van der Waals surface area contributed by atoms with Crippen molar-refractivity contribution in [1.82, 2.24) is 20.8 Å². The number of benzene rings is 1. The van der Waals surface area contributed by atoms with Crippen LogP contribution in [0.15, 0.2) is 22.7 Å². The number of nitrogens with one attached hydrogen (secondary N) is 2. The summed E-state index contributed by atoms with van der Waals surface area (Å²) in [6, 6.07) is 5.29. The fraction of sp³-hybridized carbons (Fsp3) is 0.500. The van der Waals surface area contributed by atoms with Crippen molar-refractivity contribution in [3.63, 3.8) is 0 Å². The lowest BCUT2D eigenvalue weighted by Crippen LogP contribution is -2.28. The zero-order valence-corrected chi connectivity index (χ0v) is 17.1. The van der Waals surface area contributed by atoms with Crippen molar-refractivity contribution >= 4 is 11.8 Å². The summed E-state index contributed by atoms with van der Waals surface area (Å²) < 4.78 is 15.9. The van der Waals surface area contributed by atoms with E-state index in [0.29, 0.717) is 42.7 Å². The van der Waals surface area contributed by atoms with E-state index in [9.17, 15) is 9.59 Å². The highest BCUT2D eigenvalue weighted by Gasteiger charge is 2.11. The average Bonchev–Trinajstić information content (AvgIpc) is 3.17. The molecule has 0 radical (unpaired) electrons. The van der Waals surface area contributed by atoms with Gasteiger partial charge in [-0.25, -0.2) is 0 Å². The van der Waals surface area contributed by atoms with Crippen LogP contribution in [0.5, 0.6) is 11.5 Å². The summed E-state index contributed by atoms with van der Waals surface area (Å²) in [5.41, 5.74) is 0.851. The molecule has 2 amide bonds. The van der Waals surface area contributed by atoms with E-state index in [4.69, 9.17) is 14.0 Å². The number of carbonyl (C=O) groups is 2. The van der Waals surface area contributed by atoms with Crippen LogP contribution in [0.3, 0.4) is 0 Å². The summed E-state index contributed by atoms with van der Waals surface area (Å²) in [5, 5.41) is 9.38. The van der Waals surface area contributed by atoms with Crippen LogP contribution in [0.1, 0.15) is 44.0 Å². The average molecular weight is 404 g/mol. The molecule has 0 atom stereocenters. The number of methoxy groups -OCH3 is 1. The summed E-state index contributed by atoms with van der Waals surface area (Å²) >= 11 is 0. The zero-order chi connectivity index (χ0) is 21.1. The summed E-state index contributed by atoms with van der Waals surface area (Å²) in [5.74, 6) is 1.79. The van der Waals surface area contributed by atoms with Gasteiger partial charge in [-0.3, -0.25) is 9.59 Å². The van der Waals surface area contributed by atoms with Gasteiger partial charge in [0.2, 0.25) is 11.8 Å². The molecule has 29 heavy (non-hydrogen) atoms. The lowest BCUT2D eigenvalue weighted by Gasteiger charge is -2.12. The Morgan fingerprint density at radius 2 is 1.93 bits per heavy atom. The van der Waals surface area contributed by atoms with Gasteiger partial charge in [0.15, 0.2) is 23.9 Å². The number of aromatic nitrogens is 2. The Kier molecular flexibility index (Phi) is 8.94. The number of amides is 2. The Morgan fingerprint density at radius 1 is 1.10 bits per heavy atom. The minimum absolute atomic E-state index is 0.0874. The predicted molar refractivity (Wildman–Crippen MR) is 106 cm³/mol. The molecule has 1 aromatic heterocycles. The maximum absolute atomic E-state index is 12.1. The molecule has 9 nitrogen and oxygen atoms in total. The molecule has 0 saturated carbocycles. The molecule has 9 heteroatoms. The van der Waals surface area contributed by atoms with Crippen LogP contribution in [0.25, 0.3) is 0 Å². The standard InChI is InChI=1S/C20H28N4O5/c1-4-6-17-23-20(29-24-17)10-9-18(25)22-12-14-7-8-15(16(11-14)27-3)28-13-19(26)21-5-2/h7-8,11H,4-6,9-10,12-13H2,1-3H3,(H,21,26)(H,22,25). The second-order valence-corrected chi connectivity index (χ2v) is 6.36. The molecule has 0 aliphatic heterocycles. The summed E-state index contributed by atoms with van der Waals surface area (Å²) in [4.78, 5) is 27.8. The molecular formula is C20H28N4O5. The van der Waals surface area contributed by atoms with Gasteiger partial charge in [-0.1, -0.05) is 18.1 Å². The molecule has 0 aliphatic carbocycles. The zero-order valence-electron chi connectivity index (χ0n) is 17.1. The van der Waals surface area contributed by atoms with Crippen molar-refractivity contribution in [2.75, 3.05) is 20.3 Å². The van der Waals surface area contributed by atoms with Gasteiger partial charge >= 0.3 is 0 Å². The Balaban J connectivity index is 1.81. The molecule has 158 valence electrons. The summed E-state index contributed by atoms with van der Waals surface area (Å²) in [7, 11) is 1.52. The number of hydrogen-bond acceptors (Lipinski definition) is 7. The van der Waals surface area contributed by atoms with Gasteiger partial charge in [0.05, 0.1) is 7.11 Å². The third kappa shape index (κ3) is 7.44.